The average molecular weight is 424 g/mol. The van der Waals surface area contributed by atoms with E-state index in [0.717, 1.165) is 5.56 Å². The average Bonchev–Trinajstić information content (AvgIpc) is 3.11. The van der Waals surface area contributed by atoms with E-state index in [1.807, 2.05) is 32.9 Å². The quantitative estimate of drug-likeness (QED) is 0.673. The van der Waals surface area contributed by atoms with Crippen LogP contribution in [0.3, 0.4) is 0 Å². The van der Waals surface area contributed by atoms with Gasteiger partial charge >= 0.3 is 0 Å². The van der Waals surface area contributed by atoms with E-state index in [0.29, 0.717) is 43.6 Å². The highest BCUT2D eigenvalue weighted by molar-refractivity contribution is 7.89. The molecule has 1 atom stereocenters. The van der Waals surface area contributed by atoms with Gasteiger partial charge in [0.2, 0.25) is 21.8 Å². The van der Waals surface area contributed by atoms with Gasteiger partial charge in [-0.3, -0.25) is 9.59 Å². The minimum Gasteiger partial charge on any atom is -0.342 e. The predicted octanol–water partition coefficient (Wildman–Crippen LogP) is 2.09. The molecule has 1 saturated heterocycles. The number of rotatable bonds is 7. The normalized spacial score (nSPS) is 17.4. The molecule has 0 bridgehead atoms. The van der Waals surface area contributed by atoms with Gasteiger partial charge in [0.1, 0.15) is 6.04 Å². The Morgan fingerprint density at radius 2 is 1.66 bits per heavy atom. The first-order valence-electron chi connectivity index (χ1n) is 10.2. The van der Waals surface area contributed by atoms with E-state index in [1.54, 1.807) is 25.8 Å². The van der Waals surface area contributed by atoms with Gasteiger partial charge in [0, 0.05) is 26.7 Å². The lowest BCUT2D eigenvalue weighted by molar-refractivity contribution is -0.141. The fraction of sp³-hybridized carbons (Fsp3) is 0.619. The minimum absolute atomic E-state index is 0.0481. The first-order valence-corrected chi connectivity index (χ1v) is 11.6. The van der Waals surface area contributed by atoms with Crippen LogP contribution in [0.4, 0.5) is 0 Å². The Morgan fingerprint density at radius 1 is 1.10 bits per heavy atom. The second kappa shape index (κ2) is 9.26. The molecule has 2 rings (SSSR count). The molecule has 1 aromatic carbocycles. The Balaban J connectivity index is 2.27. The molecule has 1 heterocycles. The molecule has 162 valence electrons. The molecule has 8 heteroatoms. The van der Waals surface area contributed by atoms with Crippen molar-refractivity contribution < 1.29 is 18.0 Å². The maximum absolute atomic E-state index is 13.4. The Kier molecular flexibility index (Phi) is 7.45. The first-order chi connectivity index (χ1) is 13.5. The van der Waals surface area contributed by atoms with Gasteiger partial charge in [0.15, 0.2) is 0 Å². The predicted molar refractivity (Wildman–Crippen MR) is 113 cm³/mol. The summed E-state index contributed by atoms with van der Waals surface area (Å²) in [6, 6.07) is 2.93. The Morgan fingerprint density at radius 3 is 2.17 bits per heavy atom. The Labute approximate surface area is 174 Å². The summed E-state index contributed by atoms with van der Waals surface area (Å²) >= 11 is 0. The molecule has 0 aromatic heterocycles. The van der Waals surface area contributed by atoms with Crippen LogP contribution in [0.25, 0.3) is 0 Å². The van der Waals surface area contributed by atoms with Crippen LogP contribution in [0.5, 0.6) is 0 Å². The highest BCUT2D eigenvalue weighted by Crippen LogP contribution is 2.31. The van der Waals surface area contributed by atoms with Crippen molar-refractivity contribution in [2.24, 2.45) is 0 Å². The van der Waals surface area contributed by atoms with E-state index in [1.165, 1.54) is 9.21 Å². The summed E-state index contributed by atoms with van der Waals surface area (Å²) in [7, 11) is -2.24. The SMILES string of the molecule is CCN(CC)C(=O)CN(C)C(=O)C1CCCN1S(=O)(=O)c1c(C)cc(C)cc1C. The van der Waals surface area contributed by atoms with Crippen molar-refractivity contribution in [2.45, 2.75) is 58.4 Å². The van der Waals surface area contributed by atoms with Gasteiger partial charge in [-0.05, 0) is 58.6 Å². The fourth-order valence-electron chi connectivity index (χ4n) is 4.18. The summed E-state index contributed by atoms with van der Waals surface area (Å²) in [5.41, 5.74) is 2.37. The minimum atomic E-state index is -3.81. The molecular weight excluding hydrogens is 390 g/mol. The summed E-state index contributed by atoms with van der Waals surface area (Å²) in [5, 5.41) is 0. The van der Waals surface area contributed by atoms with Gasteiger partial charge in [-0.15, -0.1) is 0 Å². The molecule has 2 amide bonds. The van der Waals surface area contributed by atoms with Crippen LogP contribution < -0.4 is 0 Å². The first kappa shape index (κ1) is 23.3. The van der Waals surface area contributed by atoms with Crippen LogP contribution in [-0.4, -0.2) is 73.6 Å². The standard InChI is InChI=1S/C21H33N3O4S/c1-7-23(8-2)19(25)14-22(6)21(26)18-10-9-11-24(18)29(27,28)20-16(4)12-15(3)13-17(20)5/h12-13,18H,7-11,14H2,1-6H3. The lowest BCUT2D eigenvalue weighted by Crippen LogP contribution is -2.49. The topological polar surface area (TPSA) is 78.0 Å². The van der Waals surface area contributed by atoms with Crippen LogP contribution >= 0.6 is 0 Å². The van der Waals surface area contributed by atoms with Gasteiger partial charge in [-0.25, -0.2) is 8.42 Å². The van der Waals surface area contributed by atoms with E-state index in [4.69, 9.17) is 0 Å². The van der Waals surface area contributed by atoms with Crippen LogP contribution in [0, 0.1) is 20.8 Å². The van der Waals surface area contributed by atoms with Crippen molar-refractivity contribution in [1.82, 2.24) is 14.1 Å². The lowest BCUT2D eigenvalue weighted by atomic mass is 10.1. The molecule has 7 nitrogen and oxygen atoms in total. The second-order valence-corrected chi connectivity index (χ2v) is 9.59. The highest BCUT2D eigenvalue weighted by atomic mass is 32.2. The zero-order valence-electron chi connectivity index (χ0n) is 18.4. The number of hydrogen-bond donors (Lipinski definition) is 0. The molecule has 1 fully saturated rings. The lowest BCUT2D eigenvalue weighted by Gasteiger charge is -2.29. The van der Waals surface area contributed by atoms with Gasteiger partial charge in [0.05, 0.1) is 11.4 Å². The van der Waals surface area contributed by atoms with Gasteiger partial charge in [-0.2, -0.15) is 4.31 Å². The monoisotopic (exact) mass is 423 g/mol. The zero-order chi connectivity index (χ0) is 21.9. The van der Waals surface area contributed by atoms with E-state index in [9.17, 15) is 18.0 Å². The summed E-state index contributed by atoms with van der Waals surface area (Å²) in [6.07, 6.45) is 1.09. The van der Waals surface area contributed by atoms with Crippen molar-refractivity contribution in [3.05, 3.63) is 28.8 Å². The van der Waals surface area contributed by atoms with E-state index in [2.05, 4.69) is 0 Å². The maximum atomic E-state index is 13.4. The third-order valence-corrected chi connectivity index (χ3v) is 7.74. The molecule has 0 N–H and O–H groups in total. The molecule has 0 saturated carbocycles. The number of amides is 2. The molecule has 0 spiro atoms. The van der Waals surface area contributed by atoms with E-state index < -0.39 is 16.1 Å². The maximum Gasteiger partial charge on any atom is 0.244 e. The molecule has 1 aliphatic heterocycles. The van der Waals surface area contributed by atoms with Crippen molar-refractivity contribution in [3.63, 3.8) is 0 Å². The molecule has 1 unspecified atom stereocenters. The molecule has 29 heavy (non-hydrogen) atoms. The van der Waals surface area contributed by atoms with Crippen molar-refractivity contribution >= 4 is 21.8 Å². The molecule has 0 radical (unpaired) electrons. The summed E-state index contributed by atoms with van der Waals surface area (Å²) in [5.74, 6) is -0.461. The third-order valence-electron chi connectivity index (χ3n) is 5.52. The zero-order valence-corrected chi connectivity index (χ0v) is 19.2. The molecule has 1 aliphatic rings. The van der Waals surface area contributed by atoms with Gasteiger partial charge in [-0.1, -0.05) is 17.7 Å². The van der Waals surface area contributed by atoms with Crippen LogP contribution in [0.15, 0.2) is 17.0 Å². The van der Waals surface area contributed by atoms with Gasteiger partial charge in [0.25, 0.3) is 0 Å². The molecule has 1 aromatic rings. The van der Waals surface area contributed by atoms with E-state index in [-0.39, 0.29) is 23.3 Å². The number of carbonyl (C=O) groups is 2. The number of sulfonamides is 1. The Hall–Kier alpha value is -1.93. The Bertz CT molecular complexity index is 855. The highest BCUT2D eigenvalue weighted by Gasteiger charge is 2.41. The van der Waals surface area contributed by atoms with Crippen molar-refractivity contribution in [2.75, 3.05) is 33.2 Å². The third kappa shape index (κ3) is 4.80. The number of aryl methyl sites for hydroxylation is 3. The van der Waals surface area contributed by atoms with Crippen molar-refractivity contribution in [1.29, 1.82) is 0 Å². The van der Waals surface area contributed by atoms with Crippen LogP contribution in [0.2, 0.25) is 0 Å². The molecular formula is C21H33N3O4S. The number of hydrogen-bond acceptors (Lipinski definition) is 4. The summed E-state index contributed by atoms with van der Waals surface area (Å²) < 4.78 is 28.2. The largest absolute Gasteiger partial charge is 0.342 e. The van der Waals surface area contributed by atoms with Gasteiger partial charge < -0.3 is 9.80 Å². The number of likely N-dealkylation sites (N-methyl/N-ethyl adjacent to an activating group) is 2. The summed E-state index contributed by atoms with van der Waals surface area (Å²) in [4.78, 5) is 28.7. The van der Waals surface area contributed by atoms with Crippen molar-refractivity contribution in [3.8, 4) is 0 Å². The van der Waals surface area contributed by atoms with Crippen LogP contribution in [-0.2, 0) is 19.6 Å². The van der Waals surface area contributed by atoms with Crippen LogP contribution in [0.1, 0.15) is 43.4 Å². The summed E-state index contributed by atoms with van der Waals surface area (Å²) in [6.45, 7) is 10.7. The number of nitrogens with zero attached hydrogens (tertiary/aromatic N) is 3. The number of benzene rings is 1. The molecule has 0 aliphatic carbocycles. The second-order valence-electron chi connectivity index (χ2n) is 7.76. The fourth-order valence-corrected chi connectivity index (χ4v) is 6.24. The van der Waals surface area contributed by atoms with E-state index >= 15 is 0 Å². The smallest absolute Gasteiger partial charge is 0.244 e. The number of carbonyl (C=O) groups excluding carboxylic acids is 2.